The van der Waals surface area contributed by atoms with E-state index in [-0.39, 0.29) is 5.97 Å². The molecule has 2 aliphatic rings. The normalized spacial score (nSPS) is 22.9. The van der Waals surface area contributed by atoms with E-state index in [4.69, 9.17) is 9.47 Å². The van der Waals surface area contributed by atoms with Gasteiger partial charge >= 0.3 is 5.97 Å². The molecule has 122 valence electrons. The van der Waals surface area contributed by atoms with Crippen molar-refractivity contribution in [2.75, 3.05) is 33.9 Å². The Morgan fingerprint density at radius 1 is 1.33 bits per heavy atom. The topological polar surface area (TPSA) is 50.8 Å². The van der Waals surface area contributed by atoms with E-state index < -0.39 is 5.54 Å². The number of carbonyl (C=O) groups excluding carboxylic acids is 1. The minimum atomic E-state index is -0.632. The smallest absolute Gasteiger partial charge is 0.327 e. The largest absolute Gasteiger partial charge is 0.468 e. The van der Waals surface area contributed by atoms with Crippen molar-refractivity contribution in [2.24, 2.45) is 5.92 Å². The van der Waals surface area contributed by atoms with Gasteiger partial charge in [-0.3, -0.25) is 15.0 Å². The quantitative estimate of drug-likeness (QED) is 0.618. The number of carbonyl (C=O) groups is 1. The van der Waals surface area contributed by atoms with Crippen molar-refractivity contribution in [3.8, 4) is 0 Å². The summed E-state index contributed by atoms with van der Waals surface area (Å²) in [7, 11) is 3.20. The van der Waals surface area contributed by atoms with E-state index in [1.807, 2.05) is 6.92 Å². The zero-order valence-corrected chi connectivity index (χ0v) is 13.9. The van der Waals surface area contributed by atoms with Gasteiger partial charge in [-0.25, -0.2) is 0 Å². The van der Waals surface area contributed by atoms with Crippen LogP contribution in [-0.2, 0) is 14.3 Å². The van der Waals surface area contributed by atoms with Crippen LogP contribution >= 0.6 is 0 Å². The fourth-order valence-electron chi connectivity index (χ4n) is 2.99. The molecule has 0 aliphatic heterocycles. The first kappa shape index (κ1) is 16.7. The zero-order chi connectivity index (χ0) is 15.5. The minimum absolute atomic E-state index is 0.167. The lowest BCUT2D eigenvalue weighted by Gasteiger charge is -2.37. The molecule has 5 heteroatoms. The fourth-order valence-corrected chi connectivity index (χ4v) is 2.99. The van der Waals surface area contributed by atoms with Gasteiger partial charge in [0.2, 0.25) is 0 Å². The summed E-state index contributed by atoms with van der Waals surface area (Å²) in [6.45, 7) is 6.46. The van der Waals surface area contributed by atoms with Crippen LogP contribution in [0, 0.1) is 5.92 Å². The Labute approximate surface area is 128 Å². The van der Waals surface area contributed by atoms with Crippen molar-refractivity contribution >= 4 is 5.97 Å². The number of nitrogens with zero attached hydrogens (tertiary/aromatic N) is 1. The van der Waals surface area contributed by atoms with Gasteiger partial charge in [-0.1, -0.05) is 0 Å². The Balaban J connectivity index is 2.03. The predicted octanol–water partition coefficient (Wildman–Crippen LogP) is 1.42. The van der Waals surface area contributed by atoms with E-state index in [1.54, 1.807) is 7.11 Å². The maximum Gasteiger partial charge on any atom is 0.327 e. The summed E-state index contributed by atoms with van der Waals surface area (Å²) in [6.07, 6.45) is 4.91. The average Bonchev–Trinajstić information content (AvgIpc) is 3.34. The molecule has 0 aromatic rings. The van der Waals surface area contributed by atoms with E-state index in [0.29, 0.717) is 25.2 Å². The van der Waals surface area contributed by atoms with Gasteiger partial charge in [-0.2, -0.15) is 0 Å². The summed E-state index contributed by atoms with van der Waals surface area (Å²) in [6, 6.07) is 0.958. The van der Waals surface area contributed by atoms with Crippen molar-refractivity contribution in [1.29, 1.82) is 0 Å². The van der Waals surface area contributed by atoms with Gasteiger partial charge in [-0.15, -0.1) is 0 Å². The van der Waals surface area contributed by atoms with E-state index in [2.05, 4.69) is 17.1 Å². The second-order valence-corrected chi connectivity index (χ2v) is 6.78. The summed E-state index contributed by atoms with van der Waals surface area (Å²) in [5, 5.41) is 3.48. The Morgan fingerprint density at radius 2 is 2.00 bits per heavy atom. The third-order valence-electron chi connectivity index (χ3n) is 4.72. The van der Waals surface area contributed by atoms with Crippen molar-refractivity contribution in [3.05, 3.63) is 0 Å². The van der Waals surface area contributed by atoms with Crippen molar-refractivity contribution in [2.45, 2.75) is 57.2 Å². The van der Waals surface area contributed by atoms with Crippen molar-refractivity contribution in [3.63, 3.8) is 0 Å². The van der Waals surface area contributed by atoms with Gasteiger partial charge in [-0.05, 0) is 45.4 Å². The SMILES string of the molecule is COCCN(CC(C)(NC1CC1)C(=O)OC)C(C)C1CC1. The molecule has 0 aromatic carbocycles. The number of nitrogens with one attached hydrogen (secondary N) is 1. The third kappa shape index (κ3) is 4.66. The minimum Gasteiger partial charge on any atom is -0.468 e. The molecule has 0 bridgehead atoms. The van der Waals surface area contributed by atoms with Crippen LogP contribution in [0.2, 0.25) is 0 Å². The number of hydrogen-bond acceptors (Lipinski definition) is 5. The van der Waals surface area contributed by atoms with Crippen LogP contribution in [0.1, 0.15) is 39.5 Å². The lowest BCUT2D eigenvalue weighted by atomic mass is 9.99. The number of methoxy groups -OCH3 is 2. The fraction of sp³-hybridized carbons (Fsp3) is 0.938. The van der Waals surface area contributed by atoms with Gasteiger partial charge in [0.05, 0.1) is 13.7 Å². The third-order valence-corrected chi connectivity index (χ3v) is 4.72. The molecule has 0 heterocycles. The Kier molecular flexibility index (Phi) is 5.63. The second-order valence-electron chi connectivity index (χ2n) is 6.78. The molecule has 2 rings (SSSR count). The lowest BCUT2D eigenvalue weighted by molar-refractivity contribution is -0.149. The molecule has 2 fully saturated rings. The number of esters is 1. The highest BCUT2D eigenvalue weighted by Gasteiger charge is 2.43. The van der Waals surface area contributed by atoms with Crippen LogP contribution in [0.3, 0.4) is 0 Å². The first-order chi connectivity index (χ1) is 10.00. The molecule has 0 aromatic heterocycles. The molecule has 5 nitrogen and oxygen atoms in total. The van der Waals surface area contributed by atoms with E-state index in [1.165, 1.54) is 20.0 Å². The van der Waals surface area contributed by atoms with Crippen molar-refractivity contribution < 1.29 is 14.3 Å². The highest BCUT2D eigenvalue weighted by molar-refractivity contribution is 5.80. The molecule has 0 amide bonds. The Morgan fingerprint density at radius 3 is 2.48 bits per heavy atom. The van der Waals surface area contributed by atoms with E-state index >= 15 is 0 Å². The molecule has 2 atom stereocenters. The monoisotopic (exact) mass is 298 g/mol. The first-order valence-electron chi connectivity index (χ1n) is 8.09. The van der Waals surface area contributed by atoms with Crippen LogP contribution in [0.5, 0.6) is 0 Å². The van der Waals surface area contributed by atoms with E-state index in [0.717, 1.165) is 25.3 Å². The maximum atomic E-state index is 12.3. The summed E-state index contributed by atoms with van der Waals surface area (Å²) in [4.78, 5) is 14.7. The highest BCUT2D eigenvalue weighted by atomic mass is 16.5. The molecule has 0 radical (unpaired) electrons. The van der Waals surface area contributed by atoms with Gasteiger partial charge in [0, 0.05) is 32.3 Å². The predicted molar refractivity (Wildman–Crippen MR) is 82.2 cm³/mol. The molecule has 0 saturated heterocycles. The molecular formula is C16H30N2O3. The lowest BCUT2D eigenvalue weighted by Crippen LogP contribution is -2.60. The standard InChI is InChI=1S/C16H30N2O3/c1-12(13-5-6-13)18(9-10-20-3)11-16(2,15(19)21-4)17-14-7-8-14/h12-14,17H,5-11H2,1-4H3. The Bertz CT molecular complexity index is 355. The summed E-state index contributed by atoms with van der Waals surface area (Å²) >= 11 is 0. The molecular weight excluding hydrogens is 268 g/mol. The van der Waals surface area contributed by atoms with Crippen LogP contribution in [0.15, 0.2) is 0 Å². The second kappa shape index (κ2) is 7.07. The van der Waals surface area contributed by atoms with Gasteiger partial charge in [0.25, 0.3) is 0 Å². The Hall–Kier alpha value is -0.650. The van der Waals surface area contributed by atoms with Crippen molar-refractivity contribution in [1.82, 2.24) is 10.2 Å². The highest BCUT2D eigenvalue weighted by Crippen LogP contribution is 2.35. The first-order valence-corrected chi connectivity index (χ1v) is 8.09. The zero-order valence-electron chi connectivity index (χ0n) is 13.9. The maximum absolute atomic E-state index is 12.3. The summed E-state index contributed by atoms with van der Waals surface area (Å²) < 4.78 is 10.3. The number of ether oxygens (including phenoxy) is 2. The molecule has 1 N–H and O–H groups in total. The number of hydrogen-bond donors (Lipinski definition) is 1. The van der Waals surface area contributed by atoms with Crippen LogP contribution in [0.4, 0.5) is 0 Å². The molecule has 2 unspecified atom stereocenters. The van der Waals surface area contributed by atoms with Crippen LogP contribution in [0.25, 0.3) is 0 Å². The average molecular weight is 298 g/mol. The van der Waals surface area contributed by atoms with Crippen LogP contribution < -0.4 is 5.32 Å². The van der Waals surface area contributed by atoms with Gasteiger partial charge in [0.15, 0.2) is 0 Å². The molecule has 0 spiro atoms. The number of rotatable bonds is 10. The molecule has 2 saturated carbocycles. The van der Waals surface area contributed by atoms with E-state index in [9.17, 15) is 4.79 Å². The summed E-state index contributed by atoms with van der Waals surface area (Å²) in [5.74, 6) is 0.601. The van der Waals surface area contributed by atoms with Crippen LogP contribution in [-0.4, -0.2) is 62.4 Å². The summed E-state index contributed by atoms with van der Waals surface area (Å²) in [5.41, 5.74) is -0.632. The van der Waals surface area contributed by atoms with Gasteiger partial charge in [0.1, 0.15) is 5.54 Å². The van der Waals surface area contributed by atoms with Gasteiger partial charge < -0.3 is 9.47 Å². The molecule has 2 aliphatic carbocycles. The molecule has 21 heavy (non-hydrogen) atoms.